The standard InChI is InChI=1S/C21H24N4O2S/c1-3-16-12-17-19(25-10-7-14(8-11-25)21(26)27-4-2)23-18(24-20(17)28-16)15-6-5-9-22-13-15/h5-6,9,12-14H,3-4,7-8,10-11H2,1-2H3. The van der Waals surface area contributed by atoms with Crippen LogP contribution in [0.5, 0.6) is 0 Å². The van der Waals surface area contributed by atoms with Gasteiger partial charge in [-0.25, -0.2) is 9.97 Å². The first-order valence-corrected chi connectivity index (χ1v) is 10.6. The van der Waals surface area contributed by atoms with Gasteiger partial charge in [0.25, 0.3) is 0 Å². The number of ether oxygens (including phenoxy) is 1. The summed E-state index contributed by atoms with van der Waals surface area (Å²) in [7, 11) is 0. The van der Waals surface area contributed by atoms with E-state index >= 15 is 0 Å². The number of aryl methyl sites for hydroxylation is 1. The van der Waals surface area contributed by atoms with Crippen molar-refractivity contribution >= 4 is 33.3 Å². The van der Waals surface area contributed by atoms with Crippen molar-refractivity contribution in [2.75, 3.05) is 24.6 Å². The fourth-order valence-electron chi connectivity index (χ4n) is 3.58. The molecule has 0 saturated carbocycles. The van der Waals surface area contributed by atoms with Gasteiger partial charge in [-0.2, -0.15) is 0 Å². The molecular weight excluding hydrogens is 372 g/mol. The molecule has 0 aliphatic carbocycles. The summed E-state index contributed by atoms with van der Waals surface area (Å²) < 4.78 is 5.20. The van der Waals surface area contributed by atoms with E-state index in [2.05, 4.69) is 22.9 Å². The number of pyridine rings is 1. The molecule has 6 nitrogen and oxygen atoms in total. The van der Waals surface area contributed by atoms with Crippen LogP contribution in [-0.4, -0.2) is 40.6 Å². The molecule has 146 valence electrons. The van der Waals surface area contributed by atoms with Gasteiger partial charge in [-0.3, -0.25) is 9.78 Å². The molecule has 7 heteroatoms. The van der Waals surface area contributed by atoms with Crippen LogP contribution >= 0.6 is 11.3 Å². The minimum Gasteiger partial charge on any atom is -0.466 e. The van der Waals surface area contributed by atoms with Crippen LogP contribution in [0.4, 0.5) is 5.82 Å². The maximum absolute atomic E-state index is 12.1. The van der Waals surface area contributed by atoms with Crippen molar-refractivity contribution in [3.63, 3.8) is 0 Å². The first-order valence-electron chi connectivity index (χ1n) is 9.82. The summed E-state index contributed by atoms with van der Waals surface area (Å²) in [5.74, 6) is 1.57. The second-order valence-electron chi connectivity index (χ2n) is 6.91. The fraction of sp³-hybridized carbons (Fsp3) is 0.429. The van der Waals surface area contributed by atoms with Crippen molar-refractivity contribution in [1.82, 2.24) is 15.0 Å². The summed E-state index contributed by atoms with van der Waals surface area (Å²) in [6.07, 6.45) is 6.11. The molecule has 0 bridgehead atoms. The summed E-state index contributed by atoms with van der Waals surface area (Å²) in [6.45, 7) is 6.03. The van der Waals surface area contributed by atoms with E-state index in [9.17, 15) is 4.79 Å². The highest BCUT2D eigenvalue weighted by atomic mass is 32.1. The number of thiophene rings is 1. The Balaban J connectivity index is 1.68. The Kier molecular flexibility index (Phi) is 5.52. The van der Waals surface area contributed by atoms with E-state index in [0.717, 1.165) is 53.9 Å². The molecule has 4 heterocycles. The van der Waals surface area contributed by atoms with Gasteiger partial charge in [0.2, 0.25) is 0 Å². The fourth-order valence-corrected chi connectivity index (χ4v) is 4.54. The van der Waals surface area contributed by atoms with Crippen LogP contribution in [0.2, 0.25) is 0 Å². The lowest BCUT2D eigenvalue weighted by Gasteiger charge is -2.32. The largest absolute Gasteiger partial charge is 0.466 e. The van der Waals surface area contributed by atoms with Crippen LogP contribution in [0, 0.1) is 5.92 Å². The van der Waals surface area contributed by atoms with Gasteiger partial charge in [0, 0.05) is 35.9 Å². The van der Waals surface area contributed by atoms with Crippen molar-refractivity contribution in [2.45, 2.75) is 33.1 Å². The molecule has 28 heavy (non-hydrogen) atoms. The van der Waals surface area contributed by atoms with Crippen LogP contribution in [0.1, 0.15) is 31.6 Å². The monoisotopic (exact) mass is 396 g/mol. The smallest absolute Gasteiger partial charge is 0.309 e. The molecule has 0 radical (unpaired) electrons. The molecule has 0 N–H and O–H groups in total. The Morgan fingerprint density at radius 2 is 2.11 bits per heavy atom. The molecule has 0 spiro atoms. The maximum Gasteiger partial charge on any atom is 0.309 e. The number of carbonyl (C=O) groups excluding carboxylic acids is 1. The van der Waals surface area contributed by atoms with Crippen LogP contribution in [0.25, 0.3) is 21.6 Å². The van der Waals surface area contributed by atoms with E-state index < -0.39 is 0 Å². The predicted molar refractivity (Wildman–Crippen MR) is 112 cm³/mol. The summed E-state index contributed by atoms with van der Waals surface area (Å²) in [4.78, 5) is 30.6. The molecule has 1 aliphatic heterocycles. The second kappa shape index (κ2) is 8.22. The van der Waals surface area contributed by atoms with Crippen LogP contribution in [-0.2, 0) is 16.0 Å². The van der Waals surface area contributed by atoms with E-state index in [1.54, 1.807) is 23.7 Å². The average molecular weight is 397 g/mol. The van der Waals surface area contributed by atoms with Crippen molar-refractivity contribution < 1.29 is 9.53 Å². The summed E-state index contributed by atoms with van der Waals surface area (Å²) >= 11 is 1.72. The Labute approximate surface area is 168 Å². The number of piperidine rings is 1. The van der Waals surface area contributed by atoms with Gasteiger partial charge in [-0.05, 0) is 44.4 Å². The van der Waals surface area contributed by atoms with Gasteiger partial charge in [-0.1, -0.05) is 6.92 Å². The second-order valence-corrected chi connectivity index (χ2v) is 8.03. The molecule has 1 saturated heterocycles. The molecule has 3 aromatic rings. The molecular formula is C21H24N4O2S. The van der Waals surface area contributed by atoms with Crippen molar-refractivity contribution in [3.05, 3.63) is 35.5 Å². The van der Waals surface area contributed by atoms with Gasteiger partial charge >= 0.3 is 5.97 Å². The Hall–Kier alpha value is -2.54. The van der Waals surface area contributed by atoms with Gasteiger partial charge in [0.15, 0.2) is 5.82 Å². The molecule has 1 fully saturated rings. The van der Waals surface area contributed by atoms with E-state index in [-0.39, 0.29) is 11.9 Å². The summed E-state index contributed by atoms with van der Waals surface area (Å²) in [6, 6.07) is 6.10. The van der Waals surface area contributed by atoms with E-state index in [4.69, 9.17) is 14.7 Å². The minimum atomic E-state index is -0.0742. The first kappa shape index (κ1) is 18.8. The minimum absolute atomic E-state index is 0.0139. The summed E-state index contributed by atoms with van der Waals surface area (Å²) in [5, 5.41) is 1.10. The molecule has 0 unspecified atom stereocenters. The molecule has 3 aromatic heterocycles. The zero-order valence-electron chi connectivity index (χ0n) is 16.2. The number of fused-ring (bicyclic) bond motifs is 1. The summed E-state index contributed by atoms with van der Waals surface area (Å²) in [5.41, 5.74) is 0.915. The number of hydrogen-bond donors (Lipinski definition) is 0. The highest BCUT2D eigenvalue weighted by Gasteiger charge is 2.28. The van der Waals surface area contributed by atoms with E-state index in [0.29, 0.717) is 12.4 Å². The molecule has 0 aromatic carbocycles. The Morgan fingerprint density at radius 3 is 2.79 bits per heavy atom. The highest BCUT2D eigenvalue weighted by Crippen LogP contribution is 2.35. The number of esters is 1. The Morgan fingerprint density at radius 1 is 1.29 bits per heavy atom. The lowest BCUT2D eigenvalue weighted by atomic mass is 9.97. The molecule has 4 rings (SSSR count). The van der Waals surface area contributed by atoms with Gasteiger partial charge in [0.05, 0.1) is 17.9 Å². The predicted octanol–water partition coefficient (Wildman–Crippen LogP) is 4.10. The topological polar surface area (TPSA) is 68.2 Å². The number of anilines is 1. The zero-order valence-corrected chi connectivity index (χ0v) is 17.0. The molecule has 0 atom stereocenters. The Bertz CT molecular complexity index is 965. The average Bonchev–Trinajstić information content (AvgIpc) is 3.17. The lowest BCUT2D eigenvalue weighted by molar-refractivity contribution is -0.148. The van der Waals surface area contributed by atoms with Crippen LogP contribution in [0.15, 0.2) is 30.6 Å². The first-order chi connectivity index (χ1) is 13.7. The van der Waals surface area contributed by atoms with Gasteiger partial charge in [-0.15, -0.1) is 11.3 Å². The molecule has 0 amide bonds. The van der Waals surface area contributed by atoms with E-state index in [1.807, 2.05) is 19.1 Å². The number of aromatic nitrogens is 3. The number of hydrogen-bond acceptors (Lipinski definition) is 7. The molecule has 1 aliphatic rings. The van der Waals surface area contributed by atoms with Crippen LogP contribution in [0.3, 0.4) is 0 Å². The third-order valence-corrected chi connectivity index (χ3v) is 6.28. The lowest BCUT2D eigenvalue weighted by Crippen LogP contribution is -2.37. The number of nitrogens with zero attached hydrogens (tertiary/aromatic N) is 4. The maximum atomic E-state index is 12.1. The third-order valence-electron chi connectivity index (χ3n) is 5.11. The van der Waals surface area contributed by atoms with Crippen molar-refractivity contribution in [3.8, 4) is 11.4 Å². The van der Waals surface area contributed by atoms with Gasteiger partial charge in [0.1, 0.15) is 10.6 Å². The highest BCUT2D eigenvalue weighted by molar-refractivity contribution is 7.18. The number of rotatable bonds is 5. The van der Waals surface area contributed by atoms with Crippen LogP contribution < -0.4 is 4.90 Å². The van der Waals surface area contributed by atoms with Gasteiger partial charge < -0.3 is 9.64 Å². The normalized spacial score (nSPS) is 15.1. The van der Waals surface area contributed by atoms with E-state index in [1.165, 1.54) is 4.88 Å². The van der Waals surface area contributed by atoms with Crippen molar-refractivity contribution in [1.29, 1.82) is 0 Å². The number of carbonyl (C=O) groups is 1. The quantitative estimate of drug-likeness (QED) is 0.605. The van der Waals surface area contributed by atoms with Crippen molar-refractivity contribution in [2.24, 2.45) is 5.92 Å². The zero-order chi connectivity index (χ0) is 19.5. The SMILES string of the molecule is CCOC(=O)C1CCN(c2nc(-c3cccnc3)nc3sc(CC)cc23)CC1. The third kappa shape index (κ3) is 3.71.